The molecule has 8 heteroatoms. The number of thioether (sulfide) groups is 1. The number of pyridine rings is 1. The van der Waals surface area contributed by atoms with Crippen LogP contribution >= 0.6 is 23.1 Å². The number of thiazole rings is 1. The minimum atomic E-state index is -0.447. The summed E-state index contributed by atoms with van der Waals surface area (Å²) in [6.07, 6.45) is 0.623. The molecule has 2 aromatic carbocycles. The van der Waals surface area contributed by atoms with Gasteiger partial charge < -0.3 is 10.1 Å². The van der Waals surface area contributed by atoms with Crippen molar-refractivity contribution < 1.29 is 14.3 Å². The molecule has 0 fully saturated rings. The highest BCUT2D eigenvalue weighted by atomic mass is 32.2. The SMILES string of the molecule is CCC(Sc1cc(C)c2cc(C)cc(C)c2n1)C(=O)Nc1nc(C)c(C(=O)OCc2ccccc2)s1. The molecule has 1 N–H and O–H groups in total. The average Bonchev–Trinajstić information content (AvgIpc) is 3.22. The van der Waals surface area contributed by atoms with Crippen LogP contribution in [0.4, 0.5) is 5.13 Å². The molecule has 2 heterocycles. The molecule has 36 heavy (non-hydrogen) atoms. The standard InChI is InChI=1S/C28H29N3O3S2/c1-6-22(35-23-14-17(3)21-13-16(2)12-18(4)24(21)30-23)26(32)31-28-29-19(5)25(36-28)27(33)34-15-20-10-8-7-9-11-20/h7-14,22H,6,15H2,1-5H3,(H,29,31,32). The van der Waals surface area contributed by atoms with Gasteiger partial charge in [-0.2, -0.15) is 0 Å². The molecule has 0 aliphatic carbocycles. The number of rotatable bonds is 8. The van der Waals surface area contributed by atoms with Gasteiger partial charge in [0.15, 0.2) is 5.13 Å². The van der Waals surface area contributed by atoms with Crippen LogP contribution in [-0.4, -0.2) is 27.1 Å². The molecular weight excluding hydrogens is 490 g/mol. The lowest BCUT2D eigenvalue weighted by Crippen LogP contribution is -2.24. The first-order chi connectivity index (χ1) is 17.2. The molecule has 0 aliphatic rings. The van der Waals surface area contributed by atoms with Gasteiger partial charge >= 0.3 is 5.97 Å². The molecule has 1 amide bonds. The zero-order valence-electron chi connectivity index (χ0n) is 21.0. The van der Waals surface area contributed by atoms with Gasteiger partial charge in [-0.3, -0.25) is 4.79 Å². The number of carbonyl (C=O) groups excluding carboxylic acids is 2. The topological polar surface area (TPSA) is 81.2 Å². The third kappa shape index (κ3) is 5.94. The van der Waals surface area contributed by atoms with E-state index in [2.05, 4.69) is 43.2 Å². The van der Waals surface area contributed by atoms with Gasteiger partial charge in [0.05, 0.1) is 21.5 Å². The lowest BCUT2D eigenvalue weighted by atomic mass is 10.0. The molecule has 0 spiro atoms. The molecule has 2 aromatic heterocycles. The molecule has 4 aromatic rings. The monoisotopic (exact) mass is 519 g/mol. The van der Waals surface area contributed by atoms with Crippen LogP contribution in [-0.2, 0) is 16.1 Å². The second-order valence-electron chi connectivity index (χ2n) is 8.75. The third-order valence-electron chi connectivity index (χ3n) is 5.78. The van der Waals surface area contributed by atoms with Crippen molar-refractivity contribution in [2.45, 2.75) is 57.9 Å². The van der Waals surface area contributed by atoms with Gasteiger partial charge in [-0.15, -0.1) is 0 Å². The Morgan fingerprint density at radius 3 is 2.50 bits per heavy atom. The highest BCUT2D eigenvalue weighted by molar-refractivity contribution is 8.00. The predicted molar refractivity (Wildman–Crippen MR) is 147 cm³/mol. The van der Waals surface area contributed by atoms with Crippen molar-refractivity contribution in [2.75, 3.05) is 5.32 Å². The number of esters is 1. The number of hydrogen-bond acceptors (Lipinski definition) is 7. The summed E-state index contributed by atoms with van der Waals surface area (Å²) in [6, 6.07) is 15.8. The van der Waals surface area contributed by atoms with Gasteiger partial charge in [0.2, 0.25) is 5.91 Å². The summed E-state index contributed by atoms with van der Waals surface area (Å²) < 4.78 is 5.43. The van der Waals surface area contributed by atoms with Crippen molar-refractivity contribution in [2.24, 2.45) is 0 Å². The van der Waals surface area contributed by atoms with Crippen molar-refractivity contribution in [3.05, 3.63) is 81.4 Å². The summed E-state index contributed by atoms with van der Waals surface area (Å²) in [4.78, 5) is 35.3. The molecule has 0 saturated heterocycles. The summed E-state index contributed by atoms with van der Waals surface area (Å²) >= 11 is 2.57. The van der Waals surface area contributed by atoms with Crippen molar-refractivity contribution >= 4 is 51.0 Å². The first kappa shape index (κ1) is 25.9. The Bertz CT molecular complexity index is 1420. The van der Waals surface area contributed by atoms with Crippen molar-refractivity contribution in [1.82, 2.24) is 9.97 Å². The van der Waals surface area contributed by atoms with Gasteiger partial charge in [0.25, 0.3) is 0 Å². The van der Waals surface area contributed by atoms with Crippen LogP contribution in [0.2, 0.25) is 0 Å². The van der Waals surface area contributed by atoms with Crippen molar-refractivity contribution in [1.29, 1.82) is 0 Å². The van der Waals surface area contributed by atoms with E-state index in [1.807, 2.05) is 43.3 Å². The Morgan fingerprint density at radius 1 is 1.03 bits per heavy atom. The molecular formula is C28H29N3O3S2. The van der Waals surface area contributed by atoms with Crippen LogP contribution in [0.25, 0.3) is 10.9 Å². The van der Waals surface area contributed by atoms with Crippen LogP contribution in [0.15, 0.2) is 53.6 Å². The number of ether oxygens (including phenoxy) is 1. The summed E-state index contributed by atoms with van der Waals surface area (Å²) in [5.74, 6) is -0.613. The van der Waals surface area contributed by atoms with Crippen molar-refractivity contribution in [3.8, 4) is 0 Å². The zero-order chi connectivity index (χ0) is 25.8. The van der Waals surface area contributed by atoms with Gasteiger partial charge in [0, 0.05) is 5.39 Å². The number of fused-ring (bicyclic) bond motifs is 1. The quantitative estimate of drug-likeness (QED) is 0.204. The number of nitrogens with one attached hydrogen (secondary N) is 1. The maximum Gasteiger partial charge on any atom is 0.350 e. The fourth-order valence-corrected chi connectivity index (χ4v) is 5.83. The maximum atomic E-state index is 13.1. The van der Waals surface area contributed by atoms with E-state index in [9.17, 15) is 9.59 Å². The summed E-state index contributed by atoms with van der Waals surface area (Å²) in [5, 5.41) is 4.88. The maximum absolute atomic E-state index is 13.1. The first-order valence-corrected chi connectivity index (χ1v) is 13.5. The fraction of sp³-hybridized carbons (Fsp3) is 0.286. The zero-order valence-corrected chi connectivity index (χ0v) is 22.7. The molecule has 1 atom stereocenters. The minimum absolute atomic E-state index is 0.166. The van der Waals surface area contributed by atoms with E-state index in [1.54, 1.807) is 6.92 Å². The predicted octanol–water partition coefficient (Wildman–Crippen LogP) is 6.79. The van der Waals surface area contributed by atoms with Gasteiger partial charge in [-0.1, -0.05) is 72.0 Å². The van der Waals surface area contributed by atoms with E-state index < -0.39 is 5.97 Å². The van der Waals surface area contributed by atoms with E-state index in [0.29, 0.717) is 22.1 Å². The van der Waals surface area contributed by atoms with E-state index in [-0.39, 0.29) is 17.8 Å². The van der Waals surface area contributed by atoms with Crippen LogP contribution in [0.1, 0.15) is 51.0 Å². The molecule has 0 radical (unpaired) electrons. The molecule has 0 aliphatic heterocycles. The number of hydrogen-bond donors (Lipinski definition) is 1. The molecule has 0 bridgehead atoms. The summed E-state index contributed by atoms with van der Waals surface area (Å²) in [6.45, 7) is 10.1. The summed E-state index contributed by atoms with van der Waals surface area (Å²) in [5.41, 5.74) is 5.88. The van der Waals surface area contributed by atoms with E-state index in [0.717, 1.165) is 44.0 Å². The Morgan fingerprint density at radius 2 is 1.78 bits per heavy atom. The number of carbonyl (C=O) groups is 2. The lowest BCUT2D eigenvalue weighted by Gasteiger charge is -2.15. The fourth-order valence-electron chi connectivity index (χ4n) is 3.96. The number of nitrogens with zero attached hydrogens (tertiary/aromatic N) is 2. The largest absolute Gasteiger partial charge is 0.457 e. The highest BCUT2D eigenvalue weighted by Gasteiger charge is 2.23. The summed E-state index contributed by atoms with van der Waals surface area (Å²) in [7, 11) is 0. The normalized spacial score (nSPS) is 11.9. The second-order valence-corrected chi connectivity index (χ2v) is 11.0. The Kier molecular flexibility index (Phi) is 8.06. The van der Waals surface area contributed by atoms with Gasteiger partial charge in [-0.05, 0) is 62.9 Å². The molecule has 6 nitrogen and oxygen atoms in total. The first-order valence-electron chi connectivity index (χ1n) is 11.8. The van der Waals surface area contributed by atoms with Crippen LogP contribution in [0.5, 0.6) is 0 Å². The number of aryl methyl sites for hydroxylation is 4. The third-order valence-corrected chi connectivity index (χ3v) is 8.12. The van der Waals surface area contributed by atoms with Gasteiger partial charge in [0.1, 0.15) is 11.5 Å². The second kappa shape index (κ2) is 11.2. The number of amides is 1. The number of benzene rings is 2. The molecule has 1 unspecified atom stereocenters. The van der Waals surface area contributed by atoms with E-state index in [4.69, 9.17) is 9.72 Å². The van der Waals surface area contributed by atoms with Crippen LogP contribution < -0.4 is 5.32 Å². The smallest absolute Gasteiger partial charge is 0.350 e. The number of anilines is 1. The van der Waals surface area contributed by atoms with E-state index >= 15 is 0 Å². The van der Waals surface area contributed by atoms with Crippen molar-refractivity contribution in [3.63, 3.8) is 0 Å². The Balaban J connectivity index is 1.44. The Labute approximate surface area is 219 Å². The molecule has 4 rings (SSSR count). The molecule has 0 saturated carbocycles. The van der Waals surface area contributed by atoms with Crippen LogP contribution in [0.3, 0.4) is 0 Å². The van der Waals surface area contributed by atoms with Gasteiger partial charge in [-0.25, -0.2) is 14.8 Å². The Hall–Kier alpha value is -3.23. The highest BCUT2D eigenvalue weighted by Crippen LogP contribution is 2.31. The molecule has 186 valence electrons. The number of aromatic nitrogens is 2. The van der Waals surface area contributed by atoms with Crippen LogP contribution in [0, 0.1) is 27.7 Å². The average molecular weight is 520 g/mol. The van der Waals surface area contributed by atoms with E-state index in [1.165, 1.54) is 17.3 Å². The lowest BCUT2D eigenvalue weighted by molar-refractivity contribution is -0.115. The minimum Gasteiger partial charge on any atom is -0.457 e.